The number of benzene rings is 1. The average Bonchev–Trinajstić information content (AvgIpc) is 2.77. The number of rotatable bonds is 7. The number of nitrogens with zero attached hydrogens (tertiary/aromatic N) is 2. The van der Waals surface area contributed by atoms with Gasteiger partial charge in [-0.3, -0.25) is 0 Å². The molecular formula is C15H19Cl2FN2O. The van der Waals surface area contributed by atoms with Gasteiger partial charge >= 0.3 is 0 Å². The Hall–Kier alpha value is -0.840. The van der Waals surface area contributed by atoms with Crippen molar-refractivity contribution in [3.05, 3.63) is 28.8 Å². The van der Waals surface area contributed by atoms with E-state index in [0.717, 1.165) is 43.8 Å². The Balaban J connectivity index is 2.26. The van der Waals surface area contributed by atoms with Crippen LogP contribution in [-0.4, -0.2) is 23.3 Å². The van der Waals surface area contributed by atoms with Gasteiger partial charge < -0.3 is 9.30 Å². The zero-order valence-electron chi connectivity index (χ0n) is 12.2. The Kier molecular flexibility index (Phi) is 5.85. The van der Waals surface area contributed by atoms with Crippen molar-refractivity contribution in [2.75, 3.05) is 13.7 Å². The number of hydrogen-bond donors (Lipinski definition) is 0. The molecule has 1 unspecified atom stereocenters. The van der Waals surface area contributed by atoms with E-state index in [1.807, 2.05) is 11.5 Å². The summed E-state index contributed by atoms with van der Waals surface area (Å²) < 4.78 is 20.7. The van der Waals surface area contributed by atoms with Crippen LogP contribution in [0.2, 0.25) is 5.02 Å². The van der Waals surface area contributed by atoms with Gasteiger partial charge in [-0.05, 0) is 32.3 Å². The molecule has 0 bridgehead atoms. The highest BCUT2D eigenvalue weighted by atomic mass is 35.5. The molecule has 0 aliphatic carbocycles. The highest BCUT2D eigenvalue weighted by Crippen LogP contribution is 2.28. The first kappa shape index (κ1) is 16.5. The van der Waals surface area contributed by atoms with E-state index in [-0.39, 0.29) is 10.4 Å². The summed E-state index contributed by atoms with van der Waals surface area (Å²) >= 11 is 12.0. The van der Waals surface area contributed by atoms with E-state index in [0.29, 0.717) is 5.52 Å². The molecule has 1 aromatic heterocycles. The fourth-order valence-corrected chi connectivity index (χ4v) is 2.70. The first-order valence-corrected chi connectivity index (χ1v) is 7.84. The third-order valence-electron chi connectivity index (χ3n) is 3.41. The Labute approximate surface area is 134 Å². The molecule has 0 aliphatic heterocycles. The van der Waals surface area contributed by atoms with Crippen LogP contribution in [0, 0.1) is 5.82 Å². The van der Waals surface area contributed by atoms with E-state index in [4.69, 9.17) is 27.9 Å². The van der Waals surface area contributed by atoms with Crippen molar-refractivity contribution in [3.63, 3.8) is 0 Å². The molecule has 3 nitrogen and oxygen atoms in total. The lowest BCUT2D eigenvalue weighted by atomic mass is 10.2. The predicted molar refractivity (Wildman–Crippen MR) is 84.7 cm³/mol. The second kappa shape index (κ2) is 7.43. The molecule has 0 saturated carbocycles. The predicted octanol–water partition coefficient (Wildman–Crippen LogP) is 4.95. The number of aryl methyl sites for hydroxylation is 1. The van der Waals surface area contributed by atoms with Crippen LogP contribution in [0.3, 0.4) is 0 Å². The molecule has 0 spiro atoms. The molecule has 2 rings (SSSR count). The smallest absolute Gasteiger partial charge is 0.144 e. The number of fused-ring (bicyclic) bond motifs is 1. The number of aromatic nitrogens is 2. The zero-order chi connectivity index (χ0) is 15.4. The summed E-state index contributed by atoms with van der Waals surface area (Å²) in [5.41, 5.74) is 1.42. The largest absolute Gasteiger partial charge is 0.385 e. The van der Waals surface area contributed by atoms with E-state index in [1.54, 1.807) is 13.2 Å². The summed E-state index contributed by atoms with van der Waals surface area (Å²) in [5, 5.41) is -0.153. The molecule has 0 amide bonds. The van der Waals surface area contributed by atoms with Crippen molar-refractivity contribution < 1.29 is 9.13 Å². The van der Waals surface area contributed by atoms with Gasteiger partial charge in [0.25, 0.3) is 0 Å². The molecule has 0 radical (unpaired) electrons. The van der Waals surface area contributed by atoms with E-state index >= 15 is 0 Å². The van der Waals surface area contributed by atoms with E-state index in [1.165, 1.54) is 6.07 Å². The molecule has 1 heterocycles. The van der Waals surface area contributed by atoms with E-state index in [2.05, 4.69) is 4.98 Å². The summed E-state index contributed by atoms with van der Waals surface area (Å²) in [6, 6.07) is 2.99. The number of halogens is 3. The van der Waals surface area contributed by atoms with Gasteiger partial charge in [0.05, 0.1) is 21.4 Å². The van der Waals surface area contributed by atoms with Crippen LogP contribution >= 0.6 is 23.2 Å². The lowest BCUT2D eigenvalue weighted by Gasteiger charge is -2.10. The standard InChI is InChI=1S/C15H19Cl2FN2O/c1-10(16)15-19-13-8-11(17)12(18)9-14(13)20(15)6-4-3-5-7-21-2/h8-10H,3-7H2,1-2H3. The van der Waals surface area contributed by atoms with Crippen molar-refractivity contribution in [2.24, 2.45) is 0 Å². The Morgan fingerprint density at radius 1 is 1.33 bits per heavy atom. The van der Waals surface area contributed by atoms with Crippen LogP contribution in [0.25, 0.3) is 11.0 Å². The minimum absolute atomic E-state index is 0.0843. The second-order valence-electron chi connectivity index (χ2n) is 5.05. The van der Waals surface area contributed by atoms with Crippen molar-refractivity contribution in [1.29, 1.82) is 0 Å². The van der Waals surface area contributed by atoms with Crippen LogP contribution in [-0.2, 0) is 11.3 Å². The molecule has 116 valence electrons. The van der Waals surface area contributed by atoms with Crippen molar-refractivity contribution >= 4 is 34.2 Å². The van der Waals surface area contributed by atoms with Gasteiger partial charge in [0.1, 0.15) is 11.6 Å². The van der Waals surface area contributed by atoms with E-state index < -0.39 is 5.82 Å². The van der Waals surface area contributed by atoms with E-state index in [9.17, 15) is 4.39 Å². The molecule has 0 N–H and O–H groups in total. The summed E-state index contributed by atoms with van der Waals surface area (Å²) in [6.45, 7) is 3.38. The molecule has 0 aliphatic rings. The zero-order valence-corrected chi connectivity index (χ0v) is 13.7. The van der Waals surface area contributed by atoms with Gasteiger partial charge in [-0.1, -0.05) is 11.6 Å². The number of alkyl halides is 1. The Bertz CT molecular complexity index is 613. The third kappa shape index (κ3) is 3.87. The molecule has 2 aromatic rings. The third-order valence-corrected chi connectivity index (χ3v) is 3.89. The second-order valence-corrected chi connectivity index (χ2v) is 6.11. The number of ether oxygens (including phenoxy) is 1. The lowest BCUT2D eigenvalue weighted by molar-refractivity contribution is 0.191. The number of methoxy groups -OCH3 is 1. The quantitative estimate of drug-likeness (QED) is 0.530. The first-order chi connectivity index (χ1) is 10.0. The van der Waals surface area contributed by atoms with Gasteiger partial charge in [-0.15, -0.1) is 11.6 Å². The summed E-state index contributed by atoms with van der Waals surface area (Å²) in [4.78, 5) is 4.48. The monoisotopic (exact) mass is 332 g/mol. The molecule has 21 heavy (non-hydrogen) atoms. The molecular weight excluding hydrogens is 314 g/mol. The fourth-order valence-electron chi connectivity index (χ4n) is 2.37. The minimum atomic E-state index is -0.432. The molecule has 6 heteroatoms. The Morgan fingerprint density at radius 3 is 2.76 bits per heavy atom. The fraction of sp³-hybridized carbons (Fsp3) is 0.533. The molecule has 1 aromatic carbocycles. The van der Waals surface area contributed by atoms with Gasteiger partial charge in [0, 0.05) is 26.3 Å². The molecule has 1 atom stereocenters. The van der Waals surface area contributed by atoms with Gasteiger partial charge in [-0.25, -0.2) is 9.37 Å². The van der Waals surface area contributed by atoms with Crippen molar-refractivity contribution in [1.82, 2.24) is 9.55 Å². The van der Waals surface area contributed by atoms with Crippen molar-refractivity contribution in [3.8, 4) is 0 Å². The highest BCUT2D eigenvalue weighted by molar-refractivity contribution is 6.31. The summed E-state index contributed by atoms with van der Waals surface area (Å²) in [6.07, 6.45) is 3.02. The average molecular weight is 333 g/mol. The maximum absolute atomic E-state index is 13.7. The molecule has 0 fully saturated rings. The topological polar surface area (TPSA) is 27.1 Å². The SMILES string of the molecule is COCCCCCn1c(C(C)Cl)nc2cc(Cl)c(F)cc21. The first-order valence-electron chi connectivity index (χ1n) is 7.02. The number of hydrogen-bond acceptors (Lipinski definition) is 2. The van der Waals surface area contributed by atoms with Gasteiger partial charge in [-0.2, -0.15) is 0 Å². The summed E-state index contributed by atoms with van der Waals surface area (Å²) in [5.74, 6) is 0.318. The van der Waals surface area contributed by atoms with Crippen LogP contribution < -0.4 is 0 Å². The summed E-state index contributed by atoms with van der Waals surface area (Å²) in [7, 11) is 1.70. The maximum atomic E-state index is 13.7. The van der Waals surface area contributed by atoms with Crippen LogP contribution in [0.15, 0.2) is 12.1 Å². The number of unbranched alkanes of at least 4 members (excludes halogenated alkanes) is 2. The van der Waals surface area contributed by atoms with Gasteiger partial charge in [0.2, 0.25) is 0 Å². The maximum Gasteiger partial charge on any atom is 0.144 e. The van der Waals surface area contributed by atoms with Crippen molar-refractivity contribution in [2.45, 2.75) is 38.1 Å². The van der Waals surface area contributed by atoms with Gasteiger partial charge in [0.15, 0.2) is 0 Å². The highest BCUT2D eigenvalue weighted by Gasteiger charge is 2.16. The number of imidazole rings is 1. The Morgan fingerprint density at radius 2 is 2.10 bits per heavy atom. The van der Waals surface area contributed by atoms with Crippen LogP contribution in [0.4, 0.5) is 4.39 Å². The minimum Gasteiger partial charge on any atom is -0.385 e. The normalized spacial score (nSPS) is 13.0. The molecule has 0 saturated heterocycles. The van der Waals surface area contributed by atoms with Crippen LogP contribution in [0.5, 0.6) is 0 Å². The lowest BCUT2D eigenvalue weighted by Crippen LogP contribution is -2.05. The van der Waals surface area contributed by atoms with Crippen LogP contribution in [0.1, 0.15) is 37.4 Å².